The summed E-state index contributed by atoms with van der Waals surface area (Å²) in [5.74, 6) is -0.304. The topological polar surface area (TPSA) is 63.2 Å². The Morgan fingerprint density at radius 1 is 1.41 bits per heavy atom. The van der Waals surface area contributed by atoms with Crippen molar-refractivity contribution in [2.24, 2.45) is 0 Å². The van der Waals surface area contributed by atoms with Crippen molar-refractivity contribution >= 4 is 22.5 Å². The van der Waals surface area contributed by atoms with Crippen molar-refractivity contribution in [2.45, 2.75) is 25.0 Å². The second kappa shape index (κ2) is 6.85. The van der Waals surface area contributed by atoms with Gasteiger partial charge in [-0.3, -0.25) is 5.32 Å². The lowest BCUT2D eigenvalue weighted by Gasteiger charge is -2.24. The lowest BCUT2D eigenvalue weighted by Crippen LogP contribution is -2.38. The van der Waals surface area contributed by atoms with Gasteiger partial charge >= 0.3 is 6.03 Å². The fraction of sp³-hybridized carbons (Fsp3) is 0.333. The molecule has 0 aliphatic carbocycles. The Kier molecular flexibility index (Phi) is 4.65. The van der Waals surface area contributed by atoms with Crippen molar-refractivity contribution in [3.63, 3.8) is 0 Å². The zero-order chi connectivity index (χ0) is 15.4. The van der Waals surface area contributed by atoms with E-state index in [1.807, 2.05) is 0 Å². The molecule has 22 heavy (non-hydrogen) atoms. The van der Waals surface area contributed by atoms with Crippen LogP contribution in [0, 0.1) is 5.82 Å². The van der Waals surface area contributed by atoms with Crippen molar-refractivity contribution in [1.82, 2.24) is 10.3 Å². The first kappa shape index (κ1) is 14.9. The van der Waals surface area contributed by atoms with Crippen LogP contribution in [0.15, 0.2) is 35.8 Å². The number of anilines is 1. The van der Waals surface area contributed by atoms with Gasteiger partial charge in [0.1, 0.15) is 5.82 Å². The monoisotopic (exact) mass is 321 g/mol. The molecule has 5 nitrogen and oxygen atoms in total. The summed E-state index contributed by atoms with van der Waals surface area (Å²) in [6, 6.07) is 5.45. The van der Waals surface area contributed by atoms with Crippen LogP contribution in [0.1, 0.15) is 24.4 Å². The Morgan fingerprint density at radius 2 is 2.23 bits per heavy atom. The summed E-state index contributed by atoms with van der Waals surface area (Å²) in [6.45, 7) is 0.679. The van der Waals surface area contributed by atoms with Gasteiger partial charge in [0.25, 0.3) is 0 Å². The largest absolute Gasteiger partial charge is 0.376 e. The number of ether oxygens (including phenoxy) is 1. The minimum absolute atomic E-state index is 0.104. The summed E-state index contributed by atoms with van der Waals surface area (Å²) in [4.78, 5) is 16.1. The predicted octanol–water partition coefficient (Wildman–Crippen LogP) is 3.32. The van der Waals surface area contributed by atoms with Gasteiger partial charge in [-0.15, -0.1) is 11.3 Å². The van der Waals surface area contributed by atoms with Gasteiger partial charge in [-0.2, -0.15) is 0 Å². The molecule has 0 spiro atoms. The van der Waals surface area contributed by atoms with E-state index in [1.54, 1.807) is 23.7 Å². The van der Waals surface area contributed by atoms with E-state index in [4.69, 9.17) is 4.74 Å². The van der Waals surface area contributed by atoms with Gasteiger partial charge in [0.15, 0.2) is 5.13 Å². The van der Waals surface area contributed by atoms with E-state index in [2.05, 4.69) is 15.6 Å². The van der Waals surface area contributed by atoms with Crippen molar-refractivity contribution in [2.75, 3.05) is 11.9 Å². The van der Waals surface area contributed by atoms with Crippen LogP contribution in [0.3, 0.4) is 0 Å². The molecule has 3 rings (SSSR count). The molecular weight excluding hydrogens is 305 g/mol. The fourth-order valence-corrected chi connectivity index (χ4v) is 3.01. The Labute approximate surface area is 131 Å². The summed E-state index contributed by atoms with van der Waals surface area (Å²) in [5.41, 5.74) is 0.822. The molecule has 1 fully saturated rings. The quantitative estimate of drug-likeness (QED) is 0.908. The van der Waals surface area contributed by atoms with Crippen molar-refractivity contribution in [3.8, 4) is 0 Å². The van der Waals surface area contributed by atoms with Gasteiger partial charge in [-0.05, 0) is 30.5 Å². The van der Waals surface area contributed by atoms with Crippen molar-refractivity contribution in [1.29, 1.82) is 0 Å². The molecule has 0 bridgehead atoms. The number of halogens is 1. The Balaban J connectivity index is 1.73. The van der Waals surface area contributed by atoms with Gasteiger partial charge in [-0.1, -0.05) is 12.1 Å². The summed E-state index contributed by atoms with van der Waals surface area (Å²) >= 11 is 1.34. The third kappa shape index (κ3) is 3.61. The molecule has 0 unspecified atom stereocenters. The van der Waals surface area contributed by atoms with Crippen LogP contribution in [0.5, 0.6) is 0 Å². The molecule has 1 aliphatic rings. The number of nitrogens with zero attached hydrogens (tertiary/aromatic N) is 1. The van der Waals surface area contributed by atoms with Crippen LogP contribution in [0.4, 0.5) is 14.3 Å². The zero-order valence-corrected chi connectivity index (χ0v) is 12.6. The van der Waals surface area contributed by atoms with Crippen molar-refractivity contribution in [3.05, 3.63) is 47.2 Å². The number of rotatable bonds is 4. The number of thiazole rings is 1. The molecule has 2 amide bonds. The number of hydrogen-bond donors (Lipinski definition) is 2. The van der Waals surface area contributed by atoms with E-state index in [0.29, 0.717) is 11.7 Å². The average Bonchev–Trinajstić information content (AvgIpc) is 3.19. The molecule has 0 radical (unpaired) electrons. The number of benzene rings is 1. The Morgan fingerprint density at radius 3 is 2.86 bits per heavy atom. The lowest BCUT2D eigenvalue weighted by molar-refractivity contribution is 0.0815. The maximum atomic E-state index is 13.1. The van der Waals surface area contributed by atoms with E-state index < -0.39 is 0 Å². The number of amides is 2. The maximum absolute atomic E-state index is 13.1. The highest BCUT2D eigenvalue weighted by atomic mass is 32.1. The van der Waals surface area contributed by atoms with Gasteiger partial charge in [0, 0.05) is 18.2 Å². The minimum Gasteiger partial charge on any atom is -0.376 e. The van der Waals surface area contributed by atoms with Gasteiger partial charge < -0.3 is 10.1 Å². The molecule has 2 atom stereocenters. The van der Waals surface area contributed by atoms with Crippen LogP contribution < -0.4 is 10.6 Å². The SMILES string of the molecule is O=C(Nc1nccs1)N[C@H](c1ccc(F)cc1)[C@@H]1CCCO1. The van der Waals surface area contributed by atoms with Gasteiger partial charge in [-0.25, -0.2) is 14.2 Å². The molecule has 2 aromatic rings. The summed E-state index contributed by atoms with van der Waals surface area (Å²) in [5, 5.41) is 7.90. The second-order valence-corrected chi connectivity index (χ2v) is 5.91. The van der Waals surface area contributed by atoms with E-state index in [0.717, 1.165) is 18.4 Å². The molecule has 2 heterocycles. The third-order valence-corrected chi connectivity index (χ3v) is 4.19. The Hall–Kier alpha value is -1.99. The molecule has 1 aromatic heterocycles. The fourth-order valence-electron chi connectivity index (χ4n) is 2.49. The molecule has 7 heteroatoms. The maximum Gasteiger partial charge on any atom is 0.321 e. The zero-order valence-electron chi connectivity index (χ0n) is 11.8. The highest BCUT2D eigenvalue weighted by molar-refractivity contribution is 7.13. The average molecular weight is 321 g/mol. The molecule has 1 saturated heterocycles. The lowest BCUT2D eigenvalue weighted by atomic mass is 9.99. The first-order valence-corrected chi connectivity index (χ1v) is 7.94. The summed E-state index contributed by atoms with van der Waals surface area (Å²) < 4.78 is 18.8. The number of urea groups is 1. The molecular formula is C15H16FN3O2S. The normalized spacial score (nSPS) is 18.9. The van der Waals surface area contributed by atoms with Crippen LogP contribution in [0.2, 0.25) is 0 Å². The van der Waals surface area contributed by atoms with Crippen LogP contribution in [0.25, 0.3) is 0 Å². The van der Waals surface area contributed by atoms with Crippen LogP contribution >= 0.6 is 11.3 Å². The number of carbonyl (C=O) groups excluding carboxylic acids is 1. The smallest absolute Gasteiger partial charge is 0.321 e. The standard InChI is InChI=1S/C15H16FN3O2S/c16-11-5-3-10(4-6-11)13(12-2-1-8-21-12)18-14(20)19-15-17-7-9-22-15/h3-7,9,12-13H,1-2,8H2,(H2,17,18,19,20)/t12-,13+/m0/s1. The minimum atomic E-state index is -0.347. The number of nitrogens with one attached hydrogen (secondary N) is 2. The molecule has 1 aliphatic heterocycles. The van der Waals surface area contributed by atoms with Crippen LogP contribution in [-0.4, -0.2) is 23.7 Å². The predicted molar refractivity (Wildman–Crippen MR) is 82.4 cm³/mol. The van der Waals surface area contributed by atoms with Crippen molar-refractivity contribution < 1.29 is 13.9 Å². The number of hydrogen-bond acceptors (Lipinski definition) is 4. The highest BCUT2D eigenvalue weighted by Gasteiger charge is 2.29. The molecule has 116 valence electrons. The third-order valence-electron chi connectivity index (χ3n) is 3.51. The summed E-state index contributed by atoms with van der Waals surface area (Å²) in [6.07, 6.45) is 3.34. The molecule has 1 aromatic carbocycles. The van der Waals surface area contributed by atoms with E-state index in [-0.39, 0.29) is 24.0 Å². The highest BCUT2D eigenvalue weighted by Crippen LogP contribution is 2.27. The van der Waals surface area contributed by atoms with E-state index in [9.17, 15) is 9.18 Å². The van der Waals surface area contributed by atoms with Crippen LogP contribution in [-0.2, 0) is 4.74 Å². The number of aromatic nitrogens is 1. The van der Waals surface area contributed by atoms with E-state index >= 15 is 0 Å². The Bertz CT molecular complexity index is 612. The van der Waals surface area contributed by atoms with Gasteiger partial charge in [0.2, 0.25) is 0 Å². The van der Waals surface area contributed by atoms with E-state index in [1.165, 1.54) is 23.5 Å². The molecule has 0 saturated carbocycles. The first-order chi connectivity index (χ1) is 10.7. The molecule has 2 N–H and O–H groups in total. The number of carbonyl (C=O) groups is 1. The first-order valence-electron chi connectivity index (χ1n) is 7.06. The summed E-state index contributed by atoms with van der Waals surface area (Å²) in [7, 11) is 0. The van der Waals surface area contributed by atoms with Gasteiger partial charge in [0.05, 0.1) is 12.1 Å². The second-order valence-electron chi connectivity index (χ2n) is 5.02.